The molecule has 0 spiro atoms. The molecular formula is C14H10Cl2F2O. The summed E-state index contributed by atoms with van der Waals surface area (Å²) in [5.41, 5.74) is 0.639. The molecule has 2 aromatic rings. The summed E-state index contributed by atoms with van der Waals surface area (Å²) in [5.74, 6) is -1.03. The number of alkyl halides is 1. The molecule has 0 heterocycles. The van der Waals surface area contributed by atoms with Crippen molar-refractivity contribution in [3.63, 3.8) is 0 Å². The van der Waals surface area contributed by atoms with Crippen molar-refractivity contribution in [1.29, 1.82) is 0 Å². The average Bonchev–Trinajstić information content (AvgIpc) is 2.41. The van der Waals surface area contributed by atoms with Crippen LogP contribution in [0.1, 0.15) is 16.5 Å². The molecule has 0 aromatic heterocycles. The number of hydrogen-bond acceptors (Lipinski definition) is 1. The highest BCUT2D eigenvalue weighted by Gasteiger charge is 2.18. The van der Waals surface area contributed by atoms with Gasteiger partial charge in [0, 0.05) is 5.56 Å². The Bertz CT molecular complexity index is 602. The third-order valence-electron chi connectivity index (χ3n) is 2.72. The van der Waals surface area contributed by atoms with Crippen molar-refractivity contribution in [2.75, 3.05) is 7.11 Å². The summed E-state index contributed by atoms with van der Waals surface area (Å²) in [6.07, 6.45) is 0. The van der Waals surface area contributed by atoms with E-state index in [2.05, 4.69) is 0 Å². The third-order valence-corrected chi connectivity index (χ3v) is 3.50. The molecule has 0 saturated carbocycles. The zero-order valence-electron chi connectivity index (χ0n) is 9.96. The molecule has 5 heteroatoms. The zero-order chi connectivity index (χ0) is 14.0. The van der Waals surface area contributed by atoms with Crippen LogP contribution in [0.2, 0.25) is 5.02 Å². The van der Waals surface area contributed by atoms with Crippen LogP contribution in [0.5, 0.6) is 5.75 Å². The maximum Gasteiger partial charge on any atom is 0.165 e. The van der Waals surface area contributed by atoms with Crippen molar-refractivity contribution >= 4 is 23.2 Å². The second-order valence-electron chi connectivity index (χ2n) is 3.90. The molecule has 0 aliphatic carbocycles. The molecule has 0 bridgehead atoms. The van der Waals surface area contributed by atoms with Crippen LogP contribution < -0.4 is 4.74 Å². The number of hydrogen-bond donors (Lipinski definition) is 0. The van der Waals surface area contributed by atoms with Crippen molar-refractivity contribution < 1.29 is 13.5 Å². The Hall–Kier alpha value is -1.32. The maximum absolute atomic E-state index is 13.8. The van der Waals surface area contributed by atoms with E-state index in [4.69, 9.17) is 27.9 Å². The van der Waals surface area contributed by atoms with Gasteiger partial charge in [0.25, 0.3) is 0 Å². The van der Waals surface area contributed by atoms with Crippen LogP contribution >= 0.6 is 23.2 Å². The van der Waals surface area contributed by atoms with Crippen LogP contribution in [0.25, 0.3) is 0 Å². The highest BCUT2D eigenvalue weighted by atomic mass is 35.5. The lowest BCUT2D eigenvalue weighted by Crippen LogP contribution is -1.99. The van der Waals surface area contributed by atoms with Gasteiger partial charge in [-0.15, -0.1) is 11.6 Å². The molecule has 0 radical (unpaired) electrons. The van der Waals surface area contributed by atoms with Gasteiger partial charge in [0.05, 0.1) is 17.5 Å². The minimum atomic E-state index is -0.820. The number of benzene rings is 2. The average molecular weight is 303 g/mol. The fourth-order valence-corrected chi connectivity index (χ4v) is 2.22. The summed E-state index contributed by atoms with van der Waals surface area (Å²) >= 11 is 11.9. The fraction of sp³-hybridized carbons (Fsp3) is 0.143. The van der Waals surface area contributed by atoms with Gasteiger partial charge in [0.1, 0.15) is 5.82 Å². The molecule has 1 nitrogen and oxygen atoms in total. The lowest BCUT2D eigenvalue weighted by molar-refractivity contribution is 0.386. The van der Waals surface area contributed by atoms with Crippen LogP contribution in [0.3, 0.4) is 0 Å². The van der Waals surface area contributed by atoms with Crippen LogP contribution in [-0.2, 0) is 0 Å². The quantitative estimate of drug-likeness (QED) is 0.729. The van der Waals surface area contributed by atoms with Gasteiger partial charge in [0.2, 0.25) is 0 Å². The number of rotatable bonds is 3. The molecule has 1 atom stereocenters. The summed E-state index contributed by atoms with van der Waals surface area (Å²) in [6.45, 7) is 0. The molecule has 0 amide bonds. The standard InChI is InChI=1S/C14H10Cl2F2O/c1-19-12-6-5-8(7-11(12)17)13(16)9-3-2-4-10(15)14(9)18/h2-7,13H,1H3. The Morgan fingerprint density at radius 3 is 2.53 bits per heavy atom. The Kier molecular flexibility index (Phi) is 4.27. The number of ether oxygens (including phenoxy) is 1. The van der Waals surface area contributed by atoms with Gasteiger partial charge in [-0.2, -0.15) is 0 Å². The normalized spacial score (nSPS) is 12.3. The van der Waals surface area contributed by atoms with E-state index in [0.717, 1.165) is 0 Å². The first-order valence-electron chi connectivity index (χ1n) is 5.46. The molecule has 0 fully saturated rings. The lowest BCUT2D eigenvalue weighted by Gasteiger charge is -2.13. The molecule has 0 N–H and O–H groups in total. The minimum Gasteiger partial charge on any atom is -0.494 e. The van der Waals surface area contributed by atoms with Gasteiger partial charge in [-0.1, -0.05) is 29.8 Å². The van der Waals surface area contributed by atoms with E-state index < -0.39 is 17.0 Å². The monoisotopic (exact) mass is 302 g/mol. The molecule has 0 aliphatic rings. The van der Waals surface area contributed by atoms with Gasteiger partial charge in [-0.3, -0.25) is 0 Å². The first kappa shape index (κ1) is 14.1. The second-order valence-corrected chi connectivity index (χ2v) is 4.74. The van der Waals surface area contributed by atoms with Crippen LogP contribution in [0.4, 0.5) is 8.78 Å². The van der Waals surface area contributed by atoms with Gasteiger partial charge in [-0.25, -0.2) is 8.78 Å². The van der Waals surface area contributed by atoms with Crippen LogP contribution in [0, 0.1) is 11.6 Å². The summed E-state index contributed by atoms with van der Waals surface area (Å²) in [6, 6.07) is 8.79. The Labute approximate surface area is 119 Å². The largest absolute Gasteiger partial charge is 0.494 e. The Balaban J connectivity index is 2.41. The molecule has 19 heavy (non-hydrogen) atoms. The van der Waals surface area contributed by atoms with Gasteiger partial charge in [-0.05, 0) is 23.8 Å². The molecule has 2 aromatic carbocycles. The van der Waals surface area contributed by atoms with Gasteiger partial charge >= 0.3 is 0 Å². The van der Waals surface area contributed by atoms with Crippen molar-refractivity contribution in [2.24, 2.45) is 0 Å². The van der Waals surface area contributed by atoms with E-state index >= 15 is 0 Å². The van der Waals surface area contributed by atoms with E-state index in [9.17, 15) is 8.78 Å². The number of methoxy groups -OCH3 is 1. The van der Waals surface area contributed by atoms with E-state index in [1.807, 2.05) is 0 Å². The molecule has 0 saturated heterocycles. The van der Waals surface area contributed by atoms with Gasteiger partial charge < -0.3 is 4.74 Å². The molecule has 1 unspecified atom stereocenters. The highest BCUT2D eigenvalue weighted by Crippen LogP contribution is 2.34. The second kappa shape index (κ2) is 5.76. The smallest absolute Gasteiger partial charge is 0.165 e. The Morgan fingerprint density at radius 2 is 1.89 bits per heavy atom. The first-order chi connectivity index (χ1) is 9.04. The molecule has 100 valence electrons. The Morgan fingerprint density at radius 1 is 1.16 bits per heavy atom. The zero-order valence-corrected chi connectivity index (χ0v) is 11.5. The molecule has 2 rings (SSSR count). The summed E-state index contributed by atoms with van der Waals surface area (Å²) in [7, 11) is 1.37. The summed E-state index contributed by atoms with van der Waals surface area (Å²) < 4.78 is 32.3. The van der Waals surface area contributed by atoms with Crippen molar-refractivity contribution in [1.82, 2.24) is 0 Å². The third kappa shape index (κ3) is 2.82. The predicted octanol–water partition coefficient (Wildman–Crippen LogP) is 4.96. The first-order valence-corrected chi connectivity index (χ1v) is 6.27. The topological polar surface area (TPSA) is 9.23 Å². The van der Waals surface area contributed by atoms with Crippen molar-refractivity contribution in [2.45, 2.75) is 5.38 Å². The van der Waals surface area contributed by atoms with E-state index in [1.54, 1.807) is 12.1 Å². The van der Waals surface area contributed by atoms with Crippen molar-refractivity contribution in [3.05, 3.63) is 64.2 Å². The van der Waals surface area contributed by atoms with Crippen molar-refractivity contribution in [3.8, 4) is 5.75 Å². The highest BCUT2D eigenvalue weighted by molar-refractivity contribution is 6.31. The maximum atomic E-state index is 13.8. The van der Waals surface area contributed by atoms with E-state index in [-0.39, 0.29) is 16.3 Å². The lowest BCUT2D eigenvalue weighted by atomic mass is 10.0. The van der Waals surface area contributed by atoms with E-state index in [1.165, 1.54) is 31.4 Å². The predicted molar refractivity (Wildman–Crippen MR) is 72.1 cm³/mol. The minimum absolute atomic E-state index is 0.0165. The fourth-order valence-electron chi connectivity index (χ4n) is 1.74. The van der Waals surface area contributed by atoms with Gasteiger partial charge in [0.15, 0.2) is 11.6 Å². The summed E-state index contributed by atoms with van der Waals surface area (Å²) in [5, 5.41) is -0.837. The molecule has 0 aliphatic heterocycles. The van der Waals surface area contributed by atoms with Crippen LogP contribution in [0.15, 0.2) is 36.4 Å². The summed E-state index contributed by atoms with van der Waals surface area (Å²) in [4.78, 5) is 0. The molecular weight excluding hydrogens is 293 g/mol. The van der Waals surface area contributed by atoms with E-state index in [0.29, 0.717) is 5.56 Å². The SMILES string of the molecule is COc1ccc(C(Cl)c2cccc(Cl)c2F)cc1F. The number of halogens is 4. The van der Waals surface area contributed by atoms with Crippen LogP contribution in [-0.4, -0.2) is 7.11 Å².